The van der Waals surface area contributed by atoms with Crippen molar-refractivity contribution < 1.29 is 14.4 Å². The molecule has 2 rings (SSSR count). The Morgan fingerprint density at radius 3 is 2.47 bits per heavy atom. The van der Waals surface area contributed by atoms with Gasteiger partial charge in [-0.3, -0.25) is 19.8 Å². The normalized spacial score (nSPS) is 16.0. The molecule has 1 N–H and O–H groups in total. The fourth-order valence-electron chi connectivity index (χ4n) is 1.69. The quantitative estimate of drug-likeness (QED) is 0.780. The van der Waals surface area contributed by atoms with Crippen LogP contribution in [0.5, 0.6) is 0 Å². The molecule has 5 heteroatoms. The van der Waals surface area contributed by atoms with E-state index < -0.39 is 17.8 Å². The number of hydrogen-bond acceptors (Lipinski definition) is 3. The second-order valence-corrected chi connectivity index (χ2v) is 3.81. The molecule has 0 aliphatic carbocycles. The van der Waals surface area contributed by atoms with Gasteiger partial charge in [0.15, 0.2) is 0 Å². The molecule has 0 spiro atoms. The van der Waals surface area contributed by atoms with E-state index in [9.17, 15) is 14.4 Å². The zero-order chi connectivity index (χ0) is 12.3. The highest BCUT2D eigenvalue weighted by molar-refractivity contribution is 6.14. The van der Waals surface area contributed by atoms with Crippen molar-refractivity contribution >= 4 is 17.8 Å². The standard InChI is InChI=1S/C12H12N2O3/c15-10-8-11(16)14(12(17)13-10)7-6-9-4-2-1-3-5-9/h1-5H,6-8H2,(H,13,15,17). The summed E-state index contributed by atoms with van der Waals surface area (Å²) in [5, 5.41) is 2.12. The van der Waals surface area contributed by atoms with Gasteiger partial charge in [-0.05, 0) is 12.0 Å². The first kappa shape index (κ1) is 11.3. The predicted octanol–water partition coefficient (Wildman–Crippen LogP) is 0.698. The summed E-state index contributed by atoms with van der Waals surface area (Å²) < 4.78 is 0. The lowest BCUT2D eigenvalue weighted by Gasteiger charge is -2.24. The van der Waals surface area contributed by atoms with Crippen LogP contribution in [0.15, 0.2) is 30.3 Å². The molecule has 1 heterocycles. The van der Waals surface area contributed by atoms with Gasteiger partial charge in [-0.1, -0.05) is 30.3 Å². The number of rotatable bonds is 3. The van der Waals surface area contributed by atoms with Crippen molar-refractivity contribution in [1.82, 2.24) is 10.2 Å². The lowest BCUT2D eigenvalue weighted by atomic mass is 10.1. The van der Waals surface area contributed by atoms with E-state index in [1.54, 1.807) is 0 Å². The van der Waals surface area contributed by atoms with Crippen molar-refractivity contribution in [1.29, 1.82) is 0 Å². The van der Waals surface area contributed by atoms with Gasteiger partial charge in [0, 0.05) is 6.54 Å². The van der Waals surface area contributed by atoms with Crippen molar-refractivity contribution in [2.24, 2.45) is 0 Å². The van der Waals surface area contributed by atoms with Crippen LogP contribution >= 0.6 is 0 Å². The molecule has 0 atom stereocenters. The van der Waals surface area contributed by atoms with Crippen molar-refractivity contribution in [2.75, 3.05) is 6.54 Å². The average molecular weight is 232 g/mol. The number of carbonyl (C=O) groups excluding carboxylic acids is 3. The van der Waals surface area contributed by atoms with Crippen molar-refractivity contribution in [3.63, 3.8) is 0 Å². The molecule has 1 aliphatic heterocycles. The van der Waals surface area contributed by atoms with Gasteiger partial charge in [0.2, 0.25) is 11.8 Å². The van der Waals surface area contributed by atoms with Gasteiger partial charge < -0.3 is 0 Å². The Morgan fingerprint density at radius 1 is 1.12 bits per heavy atom. The number of hydrogen-bond donors (Lipinski definition) is 1. The number of amides is 4. The van der Waals surface area contributed by atoms with E-state index >= 15 is 0 Å². The van der Waals surface area contributed by atoms with Gasteiger partial charge in [0.25, 0.3) is 0 Å². The summed E-state index contributed by atoms with van der Waals surface area (Å²) >= 11 is 0. The molecule has 1 aliphatic rings. The Morgan fingerprint density at radius 2 is 1.82 bits per heavy atom. The summed E-state index contributed by atoms with van der Waals surface area (Å²) in [6.07, 6.45) is 0.342. The number of imide groups is 2. The van der Waals surface area contributed by atoms with Crippen molar-refractivity contribution in [3.8, 4) is 0 Å². The fraction of sp³-hybridized carbons (Fsp3) is 0.250. The molecule has 5 nitrogen and oxygen atoms in total. The van der Waals surface area contributed by atoms with Crippen LogP contribution in [0.2, 0.25) is 0 Å². The summed E-state index contributed by atoms with van der Waals surface area (Å²) in [4.78, 5) is 34.9. The van der Waals surface area contributed by atoms with E-state index in [0.717, 1.165) is 10.5 Å². The third kappa shape index (κ3) is 2.69. The topological polar surface area (TPSA) is 66.5 Å². The maximum absolute atomic E-state index is 11.5. The van der Waals surface area contributed by atoms with Crippen LogP contribution in [0.1, 0.15) is 12.0 Å². The third-order valence-corrected chi connectivity index (χ3v) is 2.57. The highest BCUT2D eigenvalue weighted by atomic mass is 16.2. The summed E-state index contributed by atoms with van der Waals surface area (Å²) in [6, 6.07) is 8.94. The molecule has 1 saturated heterocycles. The van der Waals surface area contributed by atoms with Crippen LogP contribution in [0.3, 0.4) is 0 Å². The molecule has 0 saturated carbocycles. The van der Waals surface area contributed by atoms with Crippen molar-refractivity contribution in [2.45, 2.75) is 12.8 Å². The molecule has 4 amide bonds. The Balaban J connectivity index is 1.97. The van der Waals surface area contributed by atoms with Gasteiger partial charge in [0.1, 0.15) is 6.42 Å². The first-order valence-corrected chi connectivity index (χ1v) is 5.35. The molecule has 1 aromatic rings. The number of benzene rings is 1. The van der Waals surface area contributed by atoms with E-state index in [2.05, 4.69) is 5.32 Å². The number of urea groups is 1. The van der Waals surface area contributed by atoms with Crippen LogP contribution < -0.4 is 5.32 Å². The van der Waals surface area contributed by atoms with Crippen molar-refractivity contribution in [3.05, 3.63) is 35.9 Å². The van der Waals surface area contributed by atoms with Gasteiger partial charge in [-0.15, -0.1) is 0 Å². The van der Waals surface area contributed by atoms with Gasteiger partial charge in [0.05, 0.1) is 0 Å². The Hall–Kier alpha value is -2.17. The SMILES string of the molecule is O=C1CC(=O)N(CCc2ccccc2)C(=O)N1. The molecule has 1 fully saturated rings. The maximum Gasteiger partial charge on any atom is 0.330 e. The lowest BCUT2D eigenvalue weighted by molar-refractivity contribution is -0.136. The van der Waals surface area contributed by atoms with E-state index in [1.165, 1.54) is 0 Å². The monoisotopic (exact) mass is 232 g/mol. The zero-order valence-electron chi connectivity index (χ0n) is 9.18. The molecule has 0 unspecified atom stereocenters. The molecular formula is C12H12N2O3. The first-order valence-electron chi connectivity index (χ1n) is 5.35. The summed E-state index contributed by atoms with van der Waals surface area (Å²) in [5.74, 6) is -0.967. The van der Waals surface area contributed by atoms with E-state index in [-0.39, 0.29) is 6.42 Å². The highest BCUT2D eigenvalue weighted by Gasteiger charge is 2.30. The maximum atomic E-state index is 11.5. The second kappa shape index (κ2) is 4.78. The molecule has 17 heavy (non-hydrogen) atoms. The summed E-state index contributed by atoms with van der Waals surface area (Å²) in [5.41, 5.74) is 1.05. The minimum absolute atomic E-state index is 0.249. The van der Waals surface area contributed by atoms with Gasteiger partial charge in [-0.25, -0.2) is 4.79 Å². The van der Waals surface area contributed by atoms with E-state index in [1.807, 2.05) is 30.3 Å². The Bertz CT molecular complexity index is 436. The zero-order valence-corrected chi connectivity index (χ0v) is 9.18. The number of carbonyl (C=O) groups is 3. The largest absolute Gasteiger partial charge is 0.330 e. The fourth-order valence-corrected chi connectivity index (χ4v) is 1.69. The molecule has 1 aromatic carbocycles. The minimum Gasteiger partial charge on any atom is -0.277 e. The van der Waals surface area contributed by atoms with E-state index in [0.29, 0.717) is 13.0 Å². The average Bonchev–Trinajstić information content (AvgIpc) is 2.29. The van der Waals surface area contributed by atoms with E-state index in [4.69, 9.17) is 0 Å². The smallest absolute Gasteiger partial charge is 0.277 e. The number of barbiturate groups is 1. The van der Waals surface area contributed by atoms with Crippen LogP contribution in [0, 0.1) is 0 Å². The summed E-state index contributed by atoms with van der Waals surface area (Å²) in [6.45, 7) is 0.294. The lowest BCUT2D eigenvalue weighted by Crippen LogP contribution is -2.53. The Labute approximate surface area is 98.4 Å². The first-order chi connectivity index (χ1) is 8.16. The third-order valence-electron chi connectivity index (χ3n) is 2.57. The predicted molar refractivity (Wildman–Crippen MR) is 60.0 cm³/mol. The Kier molecular flexibility index (Phi) is 3.18. The molecular weight excluding hydrogens is 220 g/mol. The minimum atomic E-state index is -0.623. The van der Waals surface area contributed by atoms with Gasteiger partial charge >= 0.3 is 6.03 Å². The van der Waals surface area contributed by atoms with Crippen LogP contribution in [-0.2, 0) is 16.0 Å². The second-order valence-electron chi connectivity index (χ2n) is 3.81. The molecule has 0 radical (unpaired) electrons. The van der Waals surface area contributed by atoms with Crippen LogP contribution in [-0.4, -0.2) is 29.3 Å². The highest BCUT2D eigenvalue weighted by Crippen LogP contribution is 2.06. The molecule has 0 bridgehead atoms. The van der Waals surface area contributed by atoms with Crippen LogP contribution in [0.25, 0.3) is 0 Å². The molecule has 88 valence electrons. The number of nitrogens with zero attached hydrogens (tertiary/aromatic N) is 1. The molecule has 0 aromatic heterocycles. The summed E-state index contributed by atoms with van der Waals surface area (Å²) in [7, 11) is 0. The van der Waals surface area contributed by atoms with Gasteiger partial charge in [-0.2, -0.15) is 0 Å². The number of nitrogens with one attached hydrogen (secondary N) is 1. The van der Waals surface area contributed by atoms with Crippen LogP contribution in [0.4, 0.5) is 4.79 Å².